The Morgan fingerprint density at radius 1 is 0.222 bits per heavy atom. The van der Waals surface area contributed by atoms with E-state index in [0.29, 0.717) is 0 Å². The second-order valence-electron chi connectivity index (χ2n) is 22.4. The molecule has 5 aromatic heterocycles. The summed E-state index contributed by atoms with van der Waals surface area (Å²) in [5, 5.41) is 0. The zero-order valence-corrected chi connectivity index (χ0v) is 48.9. The van der Waals surface area contributed by atoms with E-state index in [9.17, 15) is 0 Å². The Balaban J connectivity index is 0.856. The molecule has 5 heterocycles. The highest BCUT2D eigenvalue weighted by Gasteiger charge is 2.23. The van der Waals surface area contributed by atoms with Gasteiger partial charge in [-0.25, -0.2) is 19.9 Å². The highest BCUT2D eigenvalue weighted by molar-refractivity contribution is 6.04. The molecule has 11 aromatic carbocycles. The highest BCUT2D eigenvalue weighted by atomic mass is 15.1. The second kappa shape index (κ2) is 23.2. The van der Waals surface area contributed by atoms with Gasteiger partial charge in [-0.15, -0.1) is 0 Å². The number of para-hydroxylation sites is 2. The number of imidazole rings is 2. The molecule has 0 radical (unpaired) electrons. The van der Waals surface area contributed by atoms with Crippen LogP contribution < -0.4 is 9.80 Å². The first-order valence-electron chi connectivity index (χ1n) is 30.2. The van der Waals surface area contributed by atoms with Crippen LogP contribution in [0.25, 0.3) is 112 Å². The van der Waals surface area contributed by atoms with Crippen molar-refractivity contribution in [2.75, 3.05) is 9.80 Å². The number of pyridine rings is 2. The van der Waals surface area contributed by atoms with Gasteiger partial charge in [0.25, 0.3) is 0 Å². The van der Waals surface area contributed by atoms with Crippen LogP contribution in [0.4, 0.5) is 34.1 Å². The first kappa shape index (κ1) is 53.2. The smallest absolute Gasteiger partial charge is 0.137 e. The van der Waals surface area contributed by atoms with Crippen molar-refractivity contribution in [2.45, 2.75) is 0 Å². The molecule has 0 aliphatic heterocycles. The Hall–Kier alpha value is -12.3. The molecule has 16 rings (SSSR count). The molecular weight excluding hydrogens is 1100 g/mol. The number of anilines is 6. The van der Waals surface area contributed by atoms with Gasteiger partial charge in [-0.2, -0.15) is 0 Å². The molecule has 0 atom stereocenters. The summed E-state index contributed by atoms with van der Waals surface area (Å²) in [7, 11) is 0. The molecule has 16 aromatic rings. The lowest BCUT2D eigenvalue weighted by Crippen LogP contribution is -2.10. The van der Waals surface area contributed by atoms with E-state index in [1.165, 1.54) is 0 Å². The molecule has 0 saturated heterocycles. The van der Waals surface area contributed by atoms with Crippen molar-refractivity contribution in [3.8, 4) is 89.5 Å². The molecule has 0 spiro atoms. The van der Waals surface area contributed by atoms with Gasteiger partial charge in [-0.05, 0) is 143 Å². The van der Waals surface area contributed by atoms with E-state index in [-0.39, 0.29) is 0 Å². The fourth-order valence-corrected chi connectivity index (χ4v) is 12.3. The lowest BCUT2D eigenvalue weighted by Gasteiger charge is -2.26. The largest absolute Gasteiger partial charge is 0.311 e. The first-order valence-corrected chi connectivity index (χ1v) is 30.2. The third-order valence-corrected chi connectivity index (χ3v) is 16.8. The standard InChI is InChI=1S/C82H56N8/c1-5-19-57(20-6-1)63-23-17-25-65(53-63)73-49-50-74(66-26-18-24-64(54-66)58-21-7-2-8-22-58)82-81(73)85-79(61-37-45-71(46-38-61)89(67-27-9-3-10-28-67)69-41-33-59(34-42-69)75-55-87-51-15-13-31-77(87)83-75)80(86-82)62-39-47-72(48-40-62)90(68-29-11-4-12-30-68)70-43-35-60(36-44-70)76-56-88-52-16-14-32-78(88)84-76/h1-56H. The lowest BCUT2D eigenvalue weighted by atomic mass is 9.93. The number of hydrogen-bond acceptors (Lipinski definition) is 6. The van der Waals surface area contributed by atoms with Crippen LogP contribution in [0.3, 0.4) is 0 Å². The second-order valence-corrected chi connectivity index (χ2v) is 22.4. The summed E-state index contributed by atoms with van der Waals surface area (Å²) in [5.41, 5.74) is 25.5. The third-order valence-electron chi connectivity index (χ3n) is 16.8. The zero-order chi connectivity index (χ0) is 59.7. The fourth-order valence-electron chi connectivity index (χ4n) is 12.3. The summed E-state index contributed by atoms with van der Waals surface area (Å²) in [6.45, 7) is 0. The molecule has 90 heavy (non-hydrogen) atoms. The van der Waals surface area contributed by atoms with Crippen molar-refractivity contribution in [3.05, 3.63) is 340 Å². The summed E-state index contributed by atoms with van der Waals surface area (Å²) in [6, 6.07) is 111. The Morgan fingerprint density at radius 3 is 0.900 bits per heavy atom. The predicted molar refractivity (Wildman–Crippen MR) is 370 cm³/mol. The Labute approximate surface area is 521 Å². The van der Waals surface area contributed by atoms with E-state index in [0.717, 1.165) is 146 Å². The topological polar surface area (TPSA) is 66.9 Å². The van der Waals surface area contributed by atoms with E-state index >= 15 is 0 Å². The van der Waals surface area contributed by atoms with E-state index in [4.69, 9.17) is 19.9 Å². The van der Waals surface area contributed by atoms with Crippen LogP contribution >= 0.6 is 0 Å². The van der Waals surface area contributed by atoms with Gasteiger partial charge in [0.05, 0.1) is 33.8 Å². The molecule has 0 aliphatic rings. The van der Waals surface area contributed by atoms with E-state index in [1.54, 1.807) is 0 Å². The summed E-state index contributed by atoms with van der Waals surface area (Å²) < 4.78 is 4.11. The van der Waals surface area contributed by atoms with Gasteiger partial charge in [0.1, 0.15) is 11.3 Å². The molecule has 8 nitrogen and oxygen atoms in total. The van der Waals surface area contributed by atoms with Crippen molar-refractivity contribution in [1.82, 2.24) is 28.7 Å². The Bertz CT molecular complexity index is 4810. The molecule has 0 amide bonds. The van der Waals surface area contributed by atoms with Crippen LogP contribution in [-0.4, -0.2) is 28.7 Å². The Kier molecular flexibility index (Phi) is 13.7. The number of benzene rings is 11. The van der Waals surface area contributed by atoms with Crippen molar-refractivity contribution >= 4 is 56.5 Å². The summed E-state index contributed by atoms with van der Waals surface area (Å²) in [4.78, 5) is 26.3. The average molecular weight is 1150 g/mol. The number of aromatic nitrogens is 6. The van der Waals surface area contributed by atoms with Crippen LogP contribution in [0.5, 0.6) is 0 Å². The quantitative estimate of drug-likeness (QED) is 0.108. The van der Waals surface area contributed by atoms with Gasteiger partial charge in [0, 0.05) is 92.3 Å². The minimum atomic E-state index is 0.767. The van der Waals surface area contributed by atoms with E-state index in [2.05, 4.69) is 310 Å². The molecule has 8 heteroatoms. The highest BCUT2D eigenvalue weighted by Crippen LogP contribution is 2.44. The molecule has 424 valence electrons. The van der Waals surface area contributed by atoms with Crippen molar-refractivity contribution in [1.29, 1.82) is 0 Å². The number of rotatable bonds is 14. The zero-order valence-electron chi connectivity index (χ0n) is 48.9. The van der Waals surface area contributed by atoms with Gasteiger partial charge in [-0.1, -0.05) is 206 Å². The molecule has 0 bridgehead atoms. The minimum absolute atomic E-state index is 0.767. The maximum absolute atomic E-state index is 5.91. The lowest BCUT2D eigenvalue weighted by molar-refractivity contribution is 1.19. The number of nitrogens with zero attached hydrogens (tertiary/aromatic N) is 8. The van der Waals surface area contributed by atoms with Gasteiger partial charge in [0.2, 0.25) is 0 Å². The Morgan fingerprint density at radius 2 is 0.533 bits per heavy atom. The number of fused-ring (bicyclic) bond motifs is 3. The van der Waals surface area contributed by atoms with Gasteiger partial charge in [-0.3, -0.25) is 0 Å². The monoisotopic (exact) mass is 1150 g/mol. The molecular formula is C82H56N8. The van der Waals surface area contributed by atoms with Gasteiger partial charge >= 0.3 is 0 Å². The van der Waals surface area contributed by atoms with Crippen LogP contribution in [0, 0.1) is 0 Å². The summed E-state index contributed by atoms with van der Waals surface area (Å²) >= 11 is 0. The molecule has 0 N–H and O–H groups in total. The number of hydrogen-bond donors (Lipinski definition) is 0. The molecule has 0 unspecified atom stereocenters. The average Bonchev–Trinajstić information content (AvgIpc) is 1.16. The third kappa shape index (κ3) is 10.3. The minimum Gasteiger partial charge on any atom is -0.311 e. The van der Waals surface area contributed by atoms with E-state index < -0.39 is 0 Å². The SMILES string of the molecule is c1ccc(-c2cccc(-c3ccc(-c4cccc(-c5ccccc5)c4)c4nc(-c5ccc(N(c6ccccc6)c6ccc(-c7cn8ccccc8n7)cc6)cc5)c(-c5ccc(N(c6ccccc6)c6ccc(-c7cn8ccccc8n7)cc6)cc5)nc34)c2)cc1. The molecule has 0 fully saturated rings. The van der Waals surface area contributed by atoms with Crippen molar-refractivity contribution in [2.24, 2.45) is 0 Å². The predicted octanol–water partition coefficient (Wildman–Crippen LogP) is 21.2. The fraction of sp³-hybridized carbons (Fsp3) is 0. The summed E-state index contributed by atoms with van der Waals surface area (Å²) in [5.74, 6) is 0. The molecule has 0 aliphatic carbocycles. The van der Waals surface area contributed by atoms with Crippen molar-refractivity contribution < 1.29 is 0 Å². The normalized spacial score (nSPS) is 11.3. The van der Waals surface area contributed by atoms with Crippen molar-refractivity contribution in [3.63, 3.8) is 0 Å². The van der Waals surface area contributed by atoms with Gasteiger partial charge < -0.3 is 18.6 Å². The van der Waals surface area contributed by atoms with Crippen LogP contribution in [-0.2, 0) is 0 Å². The summed E-state index contributed by atoms with van der Waals surface area (Å²) in [6.07, 6.45) is 8.22. The van der Waals surface area contributed by atoms with Crippen LogP contribution in [0.1, 0.15) is 0 Å². The van der Waals surface area contributed by atoms with E-state index in [1.807, 2.05) is 48.8 Å². The maximum Gasteiger partial charge on any atom is 0.137 e. The van der Waals surface area contributed by atoms with Crippen LogP contribution in [0.15, 0.2) is 340 Å². The maximum atomic E-state index is 5.91. The van der Waals surface area contributed by atoms with Gasteiger partial charge in [0.15, 0.2) is 0 Å². The van der Waals surface area contributed by atoms with Crippen LogP contribution in [0.2, 0.25) is 0 Å². The first-order chi connectivity index (χ1) is 44.6. The molecule has 0 saturated carbocycles.